The van der Waals surface area contributed by atoms with Crippen LogP contribution in [-0.4, -0.2) is 75.0 Å². The summed E-state index contributed by atoms with van der Waals surface area (Å²) in [6.45, 7) is 4.83. The summed E-state index contributed by atoms with van der Waals surface area (Å²) in [6.07, 6.45) is 13.2. The summed E-state index contributed by atoms with van der Waals surface area (Å²) in [4.78, 5) is 15.4. The number of terminal acetylenes is 1. The Kier molecular flexibility index (Phi) is 5.70. The number of aromatic hydroxyl groups is 1. The van der Waals surface area contributed by atoms with Crippen molar-refractivity contribution in [1.82, 2.24) is 24.8 Å². The molecule has 8 rings (SSSR count). The molecular formula is C33H36N6O2. The minimum atomic E-state index is 0.147. The second kappa shape index (κ2) is 9.37. The van der Waals surface area contributed by atoms with E-state index in [0.717, 1.165) is 57.7 Å². The highest BCUT2D eigenvalue weighted by atomic mass is 16.5. The molecule has 4 fully saturated rings. The lowest BCUT2D eigenvalue weighted by Gasteiger charge is -2.34. The first-order valence-corrected chi connectivity index (χ1v) is 15.0. The Morgan fingerprint density at radius 3 is 2.63 bits per heavy atom. The van der Waals surface area contributed by atoms with Gasteiger partial charge in [0.25, 0.3) is 0 Å². The van der Waals surface area contributed by atoms with Crippen LogP contribution in [0, 0.1) is 12.3 Å². The maximum atomic E-state index is 10.7. The van der Waals surface area contributed by atoms with E-state index >= 15 is 0 Å². The van der Waals surface area contributed by atoms with Crippen molar-refractivity contribution < 1.29 is 9.84 Å². The zero-order valence-electron chi connectivity index (χ0n) is 23.6. The summed E-state index contributed by atoms with van der Waals surface area (Å²) in [5, 5.41) is 16.2. The van der Waals surface area contributed by atoms with Crippen molar-refractivity contribution in [3.8, 4) is 35.4 Å². The number of nitrogens with zero attached hydrogens (tertiary/aromatic N) is 5. The first-order chi connectivity index (χ1) is 20.0. The lowest BCUT2D eigenvalue weighted by Crippen LogP contribution is -2.51. The quantitative estimate of drug-likeness (QED) is 0.358. The number of hydrogen-bond acceptors (Lipinski definition) is 7. The van der Waals surface area contributed by atoms with Crippen LogP contribution in [0.3, 0.4) is 0 Å². The van der Waals surface area contributed by atoms with E-state index in [9.17, 15) is 5.11 Å². The summed E-state index contributed by atoms with van der Waals surface area (Å²) in [5.41, 5.74) is 3.56. The Morgan fingerprint density at radius 2 is 1.88 bits per heavy atom. The van der Waals surface area contributed by atoms with Crippen LogP contribution in [0.25, 0.3) is 33.2 Å². The number of phenols is 1. The lowest BCUT2D eigenvalue weighted by atomic mass is 9.95. The molecule has 2 unspecified atom stereocenters. The highest BCUT2D eigenvalue weighted by molar-refractivity contribution is 6.02. The van der Waals surface area contributed by atoms with Gasteiger partial charge in [0.1, 0.15) is 23.7 Å². The Bertz CT molecular complexity index is 1700. The Labute approximate surface area is 240 Å². The first-order valence-electron chi connectivity index (χ1n) is 15.0. The van der Waals surface area contributed by atoms with Crippen LogP contribution >= 0.6 is 0 Å². The maximum absolute atomic E-state index is 10.7. The number of imidazole rings is 1. The molecule has 0 aliphatic carbocycles. The van der Waals surface area contributed by atoms with Crippen LogP contribution < -0.4 is 15.0 Å². The van der Waals surface area contributed by atoms with Crippen molar-refractivity contribution in [2.45, 2.75) is 56.1 Å². The number of aromatic nitrogens is 3. The number of hydrogen-bond donors (Lipinski definition) is 2. The maximum Gasteiger partial charge on any atom is 0.217 e. The number of phenolic OH excluding ortho intramolecular Hbond substituents is 1. The third kappa shape index (κ3) is 3.98. The normalized spacial score (nSPS) is 23.4. The van der Waals surface area contributed by atoms with Gasteiger partial charge < -0.3 is 24.6 Å². The molecule has 6 heterocycles. The molecule has 4 aliphatic heterocycles. The molecule has 8 nitrogen and oxygen atoms in total. The first kappa shape index (κ1) is 25.0. The highest BCUT2D eigenvalue weighted by Gasteiger charge is 2.45. The summed E-state index contributed by atoms with van der Waals surface area (Å²) < 4.78 is 8.70. The van der Waals surface area contributed by atoms with E-state index in [0.29, 0.717) is 24.6 Å². The van der Waals surface area contributed by atoms with Gasteiger partial charge in [0.15, 0.2) is 5.82 Å². The SMILES string of the molecule is C#Cc1cccc2cc(O)cc(-c3nc4c(N5CC6CCC(C5)N6)nc(OCC56CCCN5CCC6)cc4n3C)c12. The molecule has 0 spiro atoms. The van der Waals surface area contributed by atoms with Gasteiger partial charge in [-0.15, -0.1) is 6.42 Å². The van der Waals surface area contributed by atoms with Crippen LogP contribution in [-0.2, 0) is 7.05 Å². The zero-order valence-corrected chi connectivity index (χ0v) is 23.6. The summed E-state index contributed by atoms with van der Waals surface area (Å²) >= 11 is 0. The predicted octanol–water partition coefficient (Wildman–Crippen LogP) is 4.42. The monoisotopic (exact) mass is 548 g/mol. The van der Waals surface area contributed by atoms with Crippen LogP contribution in [0.15, 0.2) is 36.4 Å². The molecular weight excluding hydrogens is 512 g/mol. The van der Waals surface area contributed by atoms with Gasteiger partial charge in [-0.25, -0.2) is 4.98 Å². The van der Waals surface area contributed by atoms with Gasteiger partial charge >= 0.3 is 0 Å². The fourth-order valence-corrected chi connectivity index (χ4v) is 8.03. The molecule has 2 N–H and O–H groups in total. The summed E-state index contributed by atoms with van der Waals surface area (Å²) in [6, 6.07) is 12.4. The molecule has 2 bridgehead atoms. The van der Waals surface area contributed by atoms with Crippen LogP contribution in [0.1, 0.15) is 44.1 Å². The standard InChI is InChI=1S/C33H36N6O2/c1-3-21-7-4-8-22-15-25(40)16-26(29(21)22)31-36-30-27(37(31)2)17-28(41-20-33-11-5-13-39(33)14-6-12-33)35-32(30)38-18-23-9-10-24(19-38)34-23/h1,4,7-8,15-17,23-24,34,40H,5-6,9-14,18-20H2,2H3. The molecule has 0 radical (unpaired) electrons. The van der Waals surface area contributed by atoms with Crippen molar-refractivity contribution in [3.05, 3.63) is 42.0 Å². The van der Waals surface area contributed by atoms with Crippen molar-refractivity contribution >= 4 is 27.6 Å². The van der Waals surface area contributed by atoms with E-state index in [1.165, 1.54) is 51.6 Å². The molecule has 2 aromatic heterocycles. The lowest BCUT2D eigenvalue weighted by molar-refractivity contribution is 0.111. The van der Waals surface area contributed by atoms with Crippen molar-refractivity contribution in [2.24, 2.45) is 7.05 Å². The number of ether oxygens (including phenoxy) is 1. The molecule has 210 valence electrons. The number of fused-ring (bicyclic) bond motifs is 5. The number of nitrogens with one attached hydrogen (secondary N) is 1. The van der Waals surface area contributed by atoms with E-state index in [1.807, 2.05) is 31.3 Å². The van der Waals surface area contributed by atoms with Gasteiger partial charge in [-0.05, 0) is 75.2 Å². The smallest absolute Gasteiger partial charge is 0.217 e. The number of piperazine rings is 1. The largest absolute Gasteiger partial charge is 0.508 e. The summed E-state index contributed by atoms with van der Waals surface area (Å²) in [7, 11) is 2.03. The number of aryl methyl sites for hydroxylation is 1. The average molecular weight is 549 g/mol. The third-order valence-corrected chi connectivity index (χ3v) is 10.0. The average Bonchev–Trinajstić information content (AvgIpc) is 3.73. The molecule has 0 amide bonds. The van der Waals surface area contributed by atoms with Gasteiger partial charge in [0.2, 0.25) is 5.88 Å². The zero-order chi connectivity index (χ0) is 27.7. The van der Waals surface area contributed by atoms with Crippen molar-refractivity contribution in [3.63, 3.8) is 0 Å². The molecule has 0 saturated carbocycles. The predicted molar refractivity (Wildman–Crippen MR) is 161 cm³/mol. The van der Waals surface area contributed by atoms with Gasteiger partial charge in [-0.3, -0.25) is 4.90 Å². The fraction of sp³-hybridized carbons (Fsp3) is 0.455. The number of anilines is 1. The van der Waals surface area contributed by atoms with Gasteiger partial charge in [-0.1, -0.05) is 18.1 Å². The van der Waals surface area contributed by atoms with E-state index in [-0.39, 0.29) is 11.3 Å². The molecule has 4 saturated heterocycles. The fourth-order valence-electron chi connectivity index (χ4n) is 8.03. The topological polar surface area (TPSA) is 78.7 Å². The highest BCUT2D eigenvalue weighted by Crippen LogP contribution is 2.41. The third-order valence-electron chi connectivity index (χ3n) is 10.0. The molecule has 4 aliphatic rings. The van der Waals surface area contributed by atoms with Crippen LogP contribution in [0.4, 0.5) is 5.82 Å². The minimum absolute atomic E-state index is 0.147. The molecule has 4 aromatic rings. The number of benzene rings is 2. The molecule has 2 aromatic carbocycles. The van der Waals surface area contributed by atoms with E-state index in [4.69, 9.17) is 21.1 Å². The molecule has 2 atom stereocenters. The van der Waals surface area contributed by atoms with Gasteiger partial charge in [0.05, 0.1) is 11.1 Å². The Morgan fingerprint density at radius 1 is 1.10 bits per heavy atom. The Hall–Kier alpha value is -3.80. The summed E-state index contributed by atoms with van der Waals surface area (Å²) in [5.74, 6) is 5.31. The Balaban J connectivity index is 1.27. The van der Waals surface area contributed by atoms with E-state index in [2.05, 4.69) is 25.6 Å². The van der Waals surface area contributed by atoms with Gasteiger partial charge in [0, 0.05) is 54.8 Å². The molecule has 8 heteroatoms. The van der Waals surface area contributed by atoms with Crippen LogP contribution in [0.5, 0.6) is 11.6 Å². The van der Waals surface area contributed by atoms with Crippen LogP contribution in [0.2, 0.25) is 0 Å². The number of rotatable bonds is 5. The van der Waals surface area contributed by atoms with Crippen molar-refractivity contribution in [1.29, 1.82) is 0 Å². The number of pyridine rings is 1. The van der Waals surface area contributed by atoms with E-state index in [1.54, 1.807) is 12.1 Å². The minimum Gasteiger partial charge on any atom is -0.508 e. The van der Waals surface area contributed by atoms with Crippen molar-refractivity contribution in [2.75, 3.05) is 37.7 Å². The van der Waals surface area contributed by atoms with E-state index < -0.39 is 0 Å². The second-order valence-electron chi connectivity index (χ2n) is 12.4. The second-order valence-corrected chi connectivity index (χ2v) is 12.4. The molecule has 41 heavy (non-hydrogen) atoms. The van der Waals surface area contributed by atoms with Gasteiger partial charge in [-0.2, -0.15) is 4.98 Å².